The highest BCUT2D eigenvalue weighted by molar-refractivity contribution is 8.00. The van der Waals surface area contributed by atoms with E-state index in [1.165, 1.54) is 17.8 Å². The van der Waals surface area contributed by atoms with E-state index in [2.05, 4.69) is 77.2 Å². The van der Waals surface area contributed by atoms with Crippen LogP contribution in [0.5, 0.6) is 0 Å². The molecule has 2 nitrogen and oxygen atoms in total. The monoisotopic (exact) mass is 288 g/mol. The van der Waals surface area contributed by atoms with E-state index in [-0.39, 0.29) is 0 Å². The van der Waals surface area contributed by atoms with Gasteiger partial charge in [-0.1, -0.05) is 43.3 Å². The summed E-state index contributed by atoms with van der Waals surface area (Å²) in [6, 6.07) is 21.0. The van der Waals surface area contributed by atoms with Gasteiger partial charge >= 0.3 is 0 Å². The van der Waals surface area contributed by atoms with Gasteiger partial charge in [-0.25, -0.2) is 0 Å². The van der Waals surface area contributed by atoms with Gasteiger partial charge in [0.2, 0.25) is 0 Å². The molecule has 0 atom stereocenters. The molecule has 0 spiro atoms. The number of para-hydroxylation sites is 2. The van der Waals surface area contributed by atoms with E-state index < -0.39 is 0 Å². The first-order chi connectivity index (χ1) is 9.83. The fraction of sp³-hybridized carbons (Fsp3) is 0.294. The molecule has 0 saturated carbocycles. The molecule has 2 aromatic rings. The van der Waals surface area contributed by atoms with E-state index in [1.807, 2.05) is 26.0 Å². The van der Waals surface area contributed by atoms with Crippen LogP contribution in [0.3, 0.4) is 0 Å². The Hall–Kier alpha value is -1.45. The van der Waals surface area contributed by atoms with Crippen LogP contribution in [0.2, 0.25) is 0 Å². The number of rotatable bonds is 5. The Balaban J connectivity index is 0.000000612. The molecule has 1 N–H and O–H groups in total. The molecule has 2 rings (SSSR count). The standard InChI is InChI=1S/C15H17NS.C2H7N/c1-2-13-17-16(14-9-5-3-6-10-14)15-11-7-4-8-12-15;1-3-2/h3-12H,2,13H2,1H3;3H,1-2H3. The highest BCUT2D eigenvalue weighted by Crippen LogP contribution is 2.32. The zero-order valence-corrected chi connectivity index (χ0v) is 13.4. The van der Waals surface area contributed by atoms with Gasteiger partial charge in [0.1, 0.15) is 0 Å². The largest absolute Gasteiger partial charge is 0.323 e. The Kier molecular flexibility index (Phi) is 8.59. The molecule has 2 aromatic carbocycles. The minimum Gasteiger partial charge on any atom is -0.323 e. The molecule has 108 valence electrons. The Morgan fingerprint density at radius 3 is 1.60 bits per heavy atom. The van der Waals surface area contributed by atoms with Crippen molar-refractivity contribution in [2.45, 2.75) is 13.3 Å². The number of nitrogens with one attached hydrogen (secondary N) is 1. The minimum absolute atomic E-state index is 1.13. The van der Waals surface area contributed by atoms with Gasteiger partial charge in [-0.15, -0.1) is 0 Å². The van der Waals surface area contributed by atoms with Crippen molar-refractivity contribution >= 4 is 23.3 Å². The Bertz CT molecular complexity index is 406. The minimum atomic E-state index is 1.13. The van der Waals surface area contributed by atoms with Crippen LogP contribution in [0.1, 0.15) is 13.3 Å². The van der Waals surface area contributed by atoms with Crippen molar-refractivity contribution < 1.29 is 0 Å². The second-order valence-electron chi connectivity index (χ2n) is 4.30. The first-order valence-corrected chi connectivity index (χ1v) is 7.89. The highest BCUT2D eigenvalue weighted by atomic mass is 32.2. The molecule has 0 unspecified atom stereocenters. The van der Waals surface area contributed by atoms with Gasteiger partial charge in [-0.05, 0) is 56.7 Å². The Labute approximate surface area is 127 Å². The van der Waals surface area contributed by atoms with E-state index in [0.29, 0.717) is 0 Å². The van der Waals surface area contributed by atoms with Crippen molar-refractivity contribution in [1.29, 1.82) is 0 Å². The van der Waals surface area contributed by atoms with Crippen LogP contribution >= 0.6 is 11.9 Å². The summed E-state index contributed by atoms with van der Waals surface area (Å²) in [6.07, 6.45) is 1.18. The van der Waals surface area contributed by atoms with Crippen molar-refractivity contribution in [3.8, 4) is 0 Å². The molecular formula is C17H24N2S. The average molecular weight is 288 g/mol. The van der Waals surface area contributed by atoms with Gasteiger partial charge in [0, 0.05) is 5.75 Å². The van der Waals surface area contributed by atoms with Gasteiger partial charge in [-0.2, -0.15) is 0 Å². The summed E-state index contributed by atoms with van der Waals surface area (Å²) >= 11 is 1.86. The fourth-order valence-corrected chi connectivity index (χ4v) is 2.51. The summed E-state index contributed by atoms with van der Waals surface area (Å²) in [4.78, 5) is 0. The first kappa shape index (κ1) is 16.6. The third-order valence-electron chi connectivity index (χ3n) is 2.41. The van der Waals surface area contributed by atoms with Crippen molar-refractivity contribution in [1.82, 2.24) is 5.32 Å². The van der Waals surface area contributed by atoms with Gasteiger partial charge in [0.15, 0.2) is 0 Å². The quantitative estimate of drug-likeness (QED) is 0.802. The van der Waals surface area contributed by atoms with Gasteiger partial charge in [-0.3, -0.25) is 4.31 Å². The molecule has 0 bridgehead atoms. The maximum absolute atomic E-state index is 2.75. The summed E-state index contributed by atoms with van der Waals surface area (Å²) in [5.74, 6) is 1.13. The van der Waals surface area contributed by atoms with Crippen LogP contribution in [0.4, 0.5) is 11.4 Å². The van der Waals surface area contributed by atoms with E-state index in [0.717, 1.165) is 5.75 Å². The molecule has 3 heteroatoms. The Morgan fingerprint density at radius 1 is 0.850 bits per heavy atom. The fourth-order valence-electron chi connectivity index (χ4n) is 1.61. The zero-order valence-electron chi connectivity index (χ0n) is 12.5. The molecule has 0 aliphatic rings. The van der Waals surface area contributed by atoms with E-state index in [4.69, 9.17) is 0 Å². The third kappa shape index (κ3) is 5.68. The number of benzene rings is 2. The van der Waals surface area contributed by atoms with Crippen LogP contribution in [-0.4, -0.2) is 19.8 Å². The smallest absolute Gasteiger partial charge is 0.0525 e. The average Bonchev–Trinajstić information content (AvgIpc) is 2.51. The lowest BCUT2D eigenvalue weighted by atomic mass is 10.3. The third-order valence-corrected chi connectivity index (χ3v) is 3.68. The summed E-state index contributed by atoms with van der Waals surface area (Å²) in [6.45, 7) is 2.21. The number of hydrogen-bond donors (Lipinski definition) is 1. The van der Waals surface area contributed by atoms with Crippen LogP contribution in [0.25, 0.3) is 0 Å². The van der Waals surface area contributed by atoms with Crippen LogP contribution in [0, 0.1) is 0 Å². The number of hydrogen-bond acceptors (Lipinski definition) is 3. The van der Waals surface area contributed by atoms with Crippen LogP contribution < -0.4 is 9.62 Å². The van der Waals surface area contributed by atoms with E-state index in [1.54, 1.807) is 0 Å². The molecule has 0 aliphatic heterocycles. The molecule has 0 heterocycles. The molecule has 0 amide bonds. The predicted octanol–water partition coefficient (Wildman–Crippen LogP) is 4.72. The summed E-state index contributed by atoms with van der Waals surface area (Å²) in [5.41, 5.74) is 2.47. The molecule has 0 radical (unpaired) electrons. The zero-order chi connectivity index (χ0) is 14.6. The number of anilines is 2. The van der Waals surface area contributed by atoms with Crippen LogP contribution in [0.15, 0.2) is 60.7 Å². The maximum Gasteiger partial charge on any atom is 0.0525 e. The molecule has 0 saturated heterocycles. The summed E-state index contributed by atoms with van der Waals surface area (Å²) in [7, 11) is 3.75. The molecular weight excluding hydrogens is 264 g/mol. The first-order valence-electron chi connectivity index (χ1n) is 6.95. The topological polar surface area (TPSA) is 15.3 Å². The predicted molar refractivity (Wildman–Crippen MR) is 92.8 cm³/mol. The Morgan fingerprint density at radius 2 is 1.25 bits per heavy atom. The molecule has 20 heavy (non-hydrogen) atoms. The molecule has 0 fully saturated rings. The van der Waals surface area contributed by atoms with Crippen molar-refractivity contribution in [2.24, 2.45) is 0 Å². The van der Waals surface area contributed by atoms with Gasteiger partial charge in [0.05, 0.1) is 11.4 Å². The van der Waals surface area contributed by atoms with Crippen LogP contribution in [-0.2, 0) is 0 Å². The van der Waals surface area contributed by atoms with Crippen molar-refractivity contribution in [3.05, 3.63) is 60.7 Å². The van der Waals surface area contributed by atoms with E-state index >= 15 is 0 Å². The van der Waals surface area contributed by atoms with Gasteiger partial charge < -0.3 is 5.32 Å². The highest BCUT2D eigenvalue weighted by Gasteiger charge is 2.08. The summed E-state index contributed by atoms with van der Waals surface area (Å²) in [5, 5.41) is 2.75. The van der Waals surface area contributed by atoms with Gasteiger partial charge in [0.25, 0.3) is 0 Å². The lowest BCUT2D eigenvalue weighted by Gasteiger charge is -2.23. The summed E-state index contributed by atoms with van der Waals surface area (Å²) < 4.78 is 2.30. The van der Waals surface area contributed by atoms with Crippen molar-refractivity contribution in [2.75, 3.05) is 24.2 Å². The molecule has 0 aliphatic carbocycles. The lowest BCUT2D eigenvalue weighted by molar-refractivity contribution is 1.02. The van der Waals surface area contributed by atoms with E-state index in [9.17, 15) is 0 Å². The second kappa shape index (κ2) is 10.4. The van der Waals surface area contributed by atoms with Crippen molar-refractivity contribution in [3.63, 3.8) is 0 Å². The number of nitrogens with zero attached hydrogens (tertiary/aromatic N) is 1. The maximum atomic E-state index is 2.75. The second-order valence-corrected chi connectivity index (χ2v) is 5.33. The SMILES string of the molecule is CCCSN(c1ccccc1)c1ccccc1.CNC. The normalized spacial score (nSPS) is 9.55. The lowest BCUT2D eigenvalue weighted by Crippen LogP contribution is -2.07. The molecule has 0 aromatic heterocycles.